The maximum Gasteiger partial charge on any atom is 0.0596 e. The van der Waals surface area contributed by atoms with Crippen molar-refractivity contribution in [1.82, 2.24) is 0 Å². The lowest BCUT2D eigenvalue weighted by molar-refractivity contribution is 1.10. The molecule has 0 fully saturated rings. The van der Waals surface area contributed by atoms with Crippen LogP contribution in [-0.2, 0) is 6.54 Å². The Balaban J connectivity index is 2.08. The fourth-order valence-electron chi connectivity index (χ4n) is 1.81. The number of para-hydroxylation sites is 2. The first-order valence-corrected chi connectivity index (χ1v) is 6.99. The van der Waals surface area contributed by atoms with Crippen molar-refractivity contribution in [2.75, 3.05) is 24.3 Å². The van der Waals surface area contributed by atoms with Crippen molar-refractivity contribution in [3.8, 4) is 0 Å². The molecule has 0 bridgehead atoms. The second-order valence-corrected chi connectivity index (χ2v) is 5.64. The molecule has 0 saturated carbocycles. The van der Waals surface area contributed by atoms with Crippen molar-refractivity contribution in [1.29, 1.82) is 0 Å². The van der Waals surface area contributed by atoms with E-state index in [-0.39, 0.29) is 0 Å². The third-order valence-corrected chi connectivity index (χ3v) is 3.50. The maximum absolute atomic E-state index is 3.49. The van der Waals surface area contributed by atoms with Gasteiger partial charge in [-0.15, -0.1) is 0 Å². The van der Waals surface area contributed by atoms with E-state index in [1.165, 1.54) is 20.5 Å². The van der Waals surface area contributed by atoms with Gasteiger partial charge >= 0.3 is 0 Å². The molecule has 18 heavy (non-hydrogen) atoms. The molecular formula is C15H17IN2. The standard InChI is InChI=1S/C15H17IN2/c1-18(2)15-6-4-3-5-14(15)17-11-12-7-9-13(16)10-8-12/h3-10,17H,11H2,1-2H3. The van der Waals surface area contributed by atoms with E-state index in [0.29, 0.717) is 0 Å². The summed E-state index contributed by atoms with van der Waals surface area (Å²) in [4.78, 5) is 2.12. The van der Waals surface area contributed by atoms with Crippen molar-refractivity contribution in [3.63, 3.8) is 0 Å². The van der Waals surface area contributed by atoms with Gasteiger partial charge < -0.3 is 10.2 Å². The molecule has 0 aliphatic heterocycles. The molecule has 94 valence electrons. The average molecular weight is 352 g/mol. The number of hydrogen-bond acceptors (Lipinski definition) is 2. The molecule has 0 aliphatic rings. The van der Waals surface area contributed by atoms with Gasteiger partial charge in [-0.1, -0.05) is 24.3 Å². The SMILES string of the molecule is CN(C)c1ccccc1NCc1ccc(I)cc1. The van der Waals surface area contributed by atoms with Gasteiger partial charge in [-0.05, 0) is 52.4 Å². The summed E-state index contributed by atoms with van der Waals surface area (Å²) in [6, 6.07) is 16.9. The van der Waals surface area contributed by atoms with Crippen molar-refractivity contribution < 1.29 is 0 Å². The molecule has 0 aromatic heterocycles. The third-order valence-electron chi connectivity index (χ3n) is 2.78. The minimum Gasteiger partial charge on any atom is -0.379 e. The second-order valence-electron chi connectivity index (χ2n) is 4.39. The number of halogens is 1. The molecule has 0 radical (unpaired) electrons. The monoisotopic (exact) mass is 352 g/mol. The Hall–Kier alpha value is -1.23. The van der Waals surface area contributed by atoms with E-state index in [2.05, 4.69) is 95.4 Å². The van der Waals surface area contributed by atoms with Crippen LogP contribution in [0.1, 0.15) is 5.56 Å². The number of nitrogens with zero attached hydrogens (tertiary/aromatic N) is 1. The van der Waals surface area contributed by atoms with Crippen LogP contribution in [0.3, 0.4) is 0 Å². The van der Waals surface area contributed by atoms with Gasteiger partial charge in [0.15, 0.2) is 0 Å². The zero-order valence-corrected chi connectivity index (χ0v) is 12.8. The maximum atomic E-state index is 3.49. The van der Waals surface area contributed by atoms with E-state index in [9.17, 15) is 0 Å². The highest BCUT2D eigenvalue weighted by atomic mass is 127. The number of nitrogens with one attached hydrogen (secondary N) is 1. The Morgan fingerprint density at radius 2 is 1.67 bits per heavy atom. The van der Waals surface area contributed by atoms with Crippen LogP contribution < -0.4 is 10.2 Å². The largest absolute Gasteiger partial charge is 0.379 e. The molecular weight excluding hydrogens is 335 g/mol. The zero-order valence-electron chi connectivity index (χ0n) is 10.7. The first kappa shape index (κ1) is 13.2. The minimum atomic E-state index is 0.849. The summed E-state index contributed by atoms with van der Waals surface area (Å²) in [5, 5.41) is 3.49. The summed E-state index contributed by atoms with van der Waals surface area (Å²) in [5.41, 5.74) is 3.67. The molecule has 0 amide bonds. The Morgan fingerprint density at radius 3 is 2.33 bits per heavy atom. The van der Waals surface area contributed by atoms with Crippen LogP contribution in [0.4, 0.5) is 11.4 Å². The Bertz CT molecular complexity index is 506. The molecule has 0 spiro atoms. The fourth-order valence-corrected chi connectivity index (χ4v) is 2.17. The van der Waals surface area contributed by atoms with E-state index < -0.39 is 0 Å². The van der Waals surface area contributed by atoms with Crippen molar-refractivity contribution in [3.05, 3.63) is 57.7 Å². The Morgan fingerprint density at radius 1 is 1.00 bits per heavy atom. The van der Waals surface area contributed by atoms with Crippen molar-refractivity contribution in [2.45, 2.75) is 6.54 Å². The van der Waals surface area contributed by atoms with E-state index >= 15 is 0 Å². The van der Waals surface area contributed by atoms with E-state index in [0.717, 1.165) is 6.54 Å². The lowest BCUT2D eigenvalue weighted by Crippen LogP contribution is -2.12. The van der Waals surface area contributed by atoms with Gasteiger partial charge in [-0.25, -0.2) is 0 Å². The first-order chi connectivity index (χ1) is 8.66. The summed E-state index contributed by atoms with van der Waals surface area (Å²) in [5.74, 6) is 0. The van der Waals surface area contributed by atoms with E-state index in [1.54, 1.807) is 0 Å². The molecule has 1 N–H and O–H groups in total. The highest BCUT2D eigenvalue weighted by Gasteiger charge is 2.02. The molecule has 3 heteroatoms. The Kier molecular flexibility index (Phi) is 4.47. The zero-order chi connectivity index (χ0) is 13.0. The fraction of sp³-hybridized carbons (Fsp3) is 0.200. The van der Waals surface area contributed by atoms with Gasteiger partial charge in [0.2, 0.25) is 0 Å². The molecule has 2 rings (SSSR count). The molecule has 0 unspecified atom stereocenters. The number of benzene rings is 2. The third kappa shape index (κ3) is 3.38. The minimum absolute atomic E-state index is 0.849. The molecule has 0 aliphatic carbocycles. The van der Waals surface area contributed by atoms with Crippen molar-refractivity contribution >= 4 is 34.0 Å². The average Bonchev–Trinajstić information content (AvgIpc) is 2.38. The van der Waals surface area contributed by atoms with Gasteiger partial charge in [0.25, 0.3) is 0 Å². The topological polar surface area (TPSA) is 15.3 Å². The van der Waals surface area contributed by atoms with Crippen molar-refractivity contribution in [2.24, 2.45) is 0 Å². The molecule has 0 heterocycles. The highest BCUT2D eigenvalue weighted by Crippen LogP contribution is 2.24. The van der Waals surface area contributed by atoms with Crippen LogP contribution in [-0.4, -0.2) is 14.1 Å². The van der Waals surface area contributed by atoms with Crippen LogP contribution in [0.5, 0.6) is 0 Å². The molecule has 0 saturated heterocycles. The summed E-state index contributed by atoms with van der Waals surface area (Å²) in [6.45, 7) is 0.849. The summed E-state index contributed by atoms with van der Waals surface area (Å²) >= 11 is 2.32. The lowest BCUT2D eigenvalue weighted by atomic mass is 10.2. The molecule has 2 aromatic rings. The van der Waals surface area contributed by atoms with Gasteiger partial charge in [0, 0.05) is 24.2 Å². The Labute approximate surface area is 122 Å². The van der Waals surface area contributed by atoms with Gasteiger partial charge in [0.05, 0.1) is 11.4 Å². The van der Waals surface area contributed by atoms with Gasteiger partial charge in [-0.2, -0.15) is 0 Å². The number of hydrogen-bond donors (Lipinski definition) is 1. The van der Waals surface area contributed by atoms with Crippen LogP contribution in [0.2, 0.25) is 0 Å². The predicted molar refractivity (Wildman–Crippen MR) is 87.3 cm³/mol. The molecule has 0 atom stereocenters. The second kappa shape index (κ2) is 6.09. The summed E-state index contributed by atoms with van der Waals surface area (Å²) < 4.78 is 1.27. The molecule has 2 nitrogen and oxygen atoms in total. The quantitative estimate of drug-likeness (QED) is 0.838. The molecule has 2 aromatic carbocycles. The summed E-state index contributed by atoms with van der Waals surface area (Å²) in [6.07, 6.45) is 0. The lowest BCUT2D eigenvalue weighted by Gasteiger charge is -2.18. The van der Waals surface area contributed by atoms with Gasteiger partial charge in [-0.3, -0.25) is 0 Å². The van der Waals surface area contributed by atoms with Crippen LogP contribution in [0, 0.1) is 3.57 Å². The van der Waals surface area contributed by atoms with Crippen LogP contribution in [0.15, 0.2) is 48.5 Å². The smallest absolute Gasteiger partial charge is 0.0596 e. The van der Waals surface area contributed by atoms with Gasteiger partial charge in [0.1, 0.15) is 0 Å². The van der Waals surface area contributed by atoms with Crippen LogP contribution in [0.25, 0.3) is 0 Å². The van der Waals surface area contributed by atoms with E-state index in [1.807, 2.05) is 0 Å². The van der Waals surface area contributed by atoms with Crippen LogP contribution >= 0.6 is 22.6 Å². The first-order valence-electron chi connectivity index (χ1n) is 5.91. The normalized spacial score (nSPS) is 10.2. The van der Waals surface area contributed by atoms with E-state index in [4.69, 9.17) is 0 Å². The highest BCUT2D eigenvalue weighted by molar-refractivity contribution is 14.1. The summed E-state index contributed by atoms with van der Waals surface area (Å²) in [7, 11) is 4.12. The predicted octanol–water partition coefficient (Wildman–Crippen LogP) is 3.97. The number of rotatable bonds is 4. The number of anilines is 2.